The second-order valence-electron chi connectivity index (χ2n) is 11.6. The van der Waals surface area contributed by atoms with Crippen LogP contribution in [0.3, 0.4) is 0 Å². The number of aromatic nitrogens is 2. The molecule has 1 fully saturated rings. The summed E-state index contributed by atoms with van der Waals surface area (Å²) < 4.78 is 17.6. The third-order valence-corrected chi connectivity index (χ3v) is 8.93. The van der Waals surface area contributed by atoms with Crippen LogP contribution >= 0.6 is 0 Å². The maximum absolute atomic E-state index is 11.0. The standard InChI is InChI=1S/C39H34N2O4/c42-27-45-36-21-23-39(24-22-36,30-11-17-34(18-12-30)43-25-32-15-9-28-5-1-3-7-37(28)40-32)31-13-19-35(20-14-31)44-26-33-16-10-29-6-2-4-8-38(29)41-33/h1-20,27,36H,21-26H2. The van der Waals surface area contributed by atoms with E-state index in [0.717, 1.165) is 70.4 Å². The molecule has 6 nitrogen and oxygen atoms in total. The molecule has 1 saturated carbocycles. The van der Waals surface area contributed by atoms with Crippen molar-refractivity contribution in [3.8, 4) is 11.5 Å². The highest BCUT2D eigenvalue weighted by molar-refractivity contribution is 5.79. The molecule has 6 heteroatoms. The Morgan fingerprint density at radius 3 is 1.53 bits per heavy atom. The van der Waals surface area contributed by atoms with E-state index >= 15 is 0 Å². The lowest BCUT2D eigenvalue weighted by molar-refractivity contribution is -0.135. The van der Waals surface area contributed by atoms with Crippen LogP contribution in [0, 0.1) is 0 Å². The zero-order valence-electron chi connectivity index (χ0n) is 25.0. The van der Waals surface area contributed by atoms with Gasteiger partial charge in [0.1, 0.15) is 30.8 Å². The van der Waals surface area contributed by atoms with E-state index in [1.165, 1.54) is 11.1 Å². The summed E-state index contributed by atoms with van der Waals surface area (Å²) in [4.78, 5) is 20.5. The van der Waals surface area contributed by atoms with E-state index in [9.17, 15) is 4.79 Å². The summed E-state index contributed by atoms with van der Waals surface area (Å²) in [7, 11) is 0. The van der Waals surface area contributed by atoms with E-state index in [4.69, 9.17) is 24.2 Å². The van der Waals surface area contributed by atoms with Crippen molar-refractivity contribution in [3.63, 3.8) is 0 Å². The first-order valence-corrected chi connectivity index (χ1v) is 15.4. The van der Waals surface area contributed by atoms with Gasteiger partial charge in [-0.2, -0.15) is 0 Å². The van der Waals surface area contributed by atoms with Gasteiger partial charge >= 0.3 is 0 Å². The fourth-order valence-electron chi connectivity index (χ4n) is 6.47. The summed E-state index contributed by atoms with van der Waals surface area (Å²) in [6, 6.07) is 41.2. The van der Waals surface area contributed by atoms with Crippen molar-refractivity contribution in [1.29, 1.82) is 0 Å². The lowest BCUT2D eigenvalue weighted by Gasteiger charge is -2.41. The molecule has 0 aliphatic heterocycles. The zero-order valence-corrected chi connectivity index (χ0v) is 25.0. The molecule has 1 aliphatic carbocycles. The molecule has 0 amide bonds. The zero-order chi connectivity index (χ0) is 30.5. The van der Waals surface area contributed by atoms with E-state index in [-0.39, 0.29) is 11.5 Å². The van der Waals surface area contributed by atoms with Gasteiger partial charge in [0.05, 0.1) is 22.4 Å². The predicted molar refractivity (Wildman–Crippen MR) is 175 cm³/mol. The summed E-state index contributed by atoms with van der Waals surface area (Å²) >= 11 is 0. The lowest BCUT2D eigenvalue weighted by Crippen LogP contribution is -2.35. The molecule has 1 aliphatic rings. The van der Waals surface area contributed by atoms with E-state index in [0.29, 0.717) is 19.7 Å². The van der Waals surface area contributed by atoms with Gasteiger partial charge in [0, 0.05) is 16.2 Å². The number of para-hydroxylation sites is 2. The molecule has 0 spiro atoms. The summed E-state index contributed by atoms with van der Waals surface area (Å²) in [5, 5.41) is 2.23. The minimum absolute atomic E-state index is 0.0512. The van der Waals surface area contributed by atoms with Crippen molar-refractivity contribution >= 4 is 28.3 Å². The molecule has 224 valence electrons. The molecule has 0 radical (unpaired) electrons. The molecule has 7 rings (SSSR count). The Bertz CT molecular complexity index is 1780. The number of hydrogen-bond donors (Lipinski definition) is 0. The van der Waals surface area contributed by atoms with Gasteiger partial charge in [-0.05, 0) is 85.3 Å². The van der Waals surface area contributed by atoms with Gasteiger partial charge in [-0.25, -0.2) is 9.97 Å². The molecule has 45 heavy (non-hydrogen) atoms. The Morgan fingerprint density at radius 1 is 0.600 bits per heavy atom. The predicted octanol–water partition coefficient (Wildman–Crippen LogP) is 8.34. The number of rotatable bonds is 10. The molecule has 6 aromatic rings. The minimum atomic E-state index is -0.209. The molecule has 0 N–H and O–H groups in total. The van der Waals surface area contributed by atoms with E-state index in [2.05, 4.69) is 48.5 Å². The van der Waals surface area contributed by atoms with Gasteiger partial charge in [0.2, 0.25) is 0 Å². The Kier molecular flexibility index (Phi) is 8.11. The Morgan fingerprint density at radius 2 is 1.07 bits per heavy atom. The number of nitrogens with zero attached hydrogens (tertiary/aromatic N) is 2. The van der Waals surface area contributed by atoms with Gasteiger partial charge in [-0.15, -0.1) is 0 Å². The van der Waals surface area contributed by atoms with Crippen LogP contribution < -0.4 is 9.47 Å². The lowest BCUT2D eigenvalue weighted by atomic mass is 9.64. The van der Waals surface area contributed by atoms with Crippen LogP contribution in [-0.2, 0) is 28.2 Å². The van der Waals surface area contributed by atoms with Gasteiger partial charge in [-0.1, -0.05) is 72.8 Å². The maximum atomic E-state index is 11.0. The third-order valence-electron chi connectivity index (χ3n) is 8.93. The van der Waals surface area contributed by atoms with Crippen molar-refractivity contribution in [2.45, 2.75) is 50.4 Å². The minimum Gasteiger partial charge on any atom is -0.487 e. The SMILES string of the molecule is O=COC1CCC(c2ccc(OCc3ccc4ccccc4n3)cc2)(c2ccc(OCc3ccc4ccccc4n3)cc2)CC1. The Balaban J connectivity index is 1.07. The van der Waals surface area contributed by atoms with Crippen LogP contribution in [-0.4, -0.2) is 22.5 Å². The number of carbonyl (C=O) groups is 1. The maximum Gasteiger partial charge on any atom is 0.293 e. The fourth-order valence-corrected chi connectivity index (χ4v) is 6.47. The monoisotopic (exact) mass is 594 g/mol. The van der Waals surface area contributed by atoms with Crippen LogP contribution in [0.2, 0.25) is 0 Å². The Hall–Kier alpha value is -5.23. The van der Waals surface area contributed by atoms with Crippen LogP contribution in [0.1, 0.15) is 48.2 Å². The van der Waals surface area contributed by atoms with Gasteiger partial charge < -0.3 is 14.2 Å². The first-order valence-electron chi connectivity index (χ1n) is 15.4. The van der Waals surface area contributed by atoms with Gasteiger partial charge in [-0.3, -0.25) is 4.79 Å². The smallest absolute Gasteiger partial charge is 0.293 e. The number of pyridine rings is 2. The second kappa shape index (κ2) is 12.8. The summed E-state index contributed by atoms with van der Waals surface area (Å²) in [6.07, 6.45) is 3.29. The summed E-state index contributed by atoms with van der Waals surface area (Å²) in [5.41, 5.74) is 5.94. The van der Waals surface area contributed by atoms with E-state index < -0.39 is 0 Å². The average molecular weight is 595 g/mol. The number of benzene rings is 4. The highest BCUT2D eigenvalue weighted by Gasteiger charge is 2.39. The van der Waals surface area contributed by atoms with Gasteiger partial charge in [0.15, 0.2) is 0 Å². The molecule has 0 saturated heterocycles. The second-order valence-corrected chi connectivity index (χ2v) is 11.6. The molecule has 2 heterocycles. The van der Waals surface area contributed by atoms with Gasteiger partial charge in [0.25, 0.3) is 6.47 Å². The quantitative estimate of drug-likeness (QED) is 0.149. The molecule has 4 aromatic carbocycles. The highest BCUT2D eigenvalue weighted by atomic mass is 16.5. The molecular weight excluding hydrogens is 560 g/mol. The molecule has 2 aromatic heterocycles. The van der Waals surface area contributed by atoms with Crippen LogP contribution in [0.15, 0.2) is 121 Å². The van der Waals surface area contributed by atoms with Crippen LogP contribution in [0.5, 0.6) is 11.5 Å². The molecule has 0 atom stereocenters. The highest BCUT2D eigenvalue weighted by Crippen LogP contribution is 2.46. The Labute approximate surface area is 262 Å². The fraction of sp³-hybridized carbons (Fsp3) is 0.205. The topological polar surface area (TPSA) is 70.5 Å². The number of fused-ring (bicyclic) bond motifs is 2. The molecule has 0 unspecified atom stereocenters. The third kappa shape index (κ3) is 6.22. The van der Waals surface area contributed by atoms with Crippen molar-refractivity contribution < 1.29 is 19.0 Å². The molecular formula is C39H34N2O4. The molecule has 0 bridgehead atoms. The van der Waals surface area contributed by atoms with Crippen LogP contribution in [0.4, 0.5) is 0 Å². The van der Waals surface area contributed by atoms with E-state index in [1.54, 1.807) is 0 Å². The summed E-state index contributed by atoms with van der Waals surface area (Å²) in [6.45, 7) is 1.37. The number of hydrogen-bond acceptors (Lipinski definition) is 6. The average Bonchev–Trinajstić information content (AvgIpc) is 3.11. The van der Waals surface area contributed by atoms with Crippen molar-refractivity contribution in [1.82, 2.24) is 9.97 Å². The van der Waals surface area contributed by atoms with E-state index in [1.807, 2.05) is 72.8 Å². The van der Waals surface area contributed by atoms with Crippen molar-refractivity contribution in [2.24, 2.45) is 0 Å². The van der Waals surface area contributed by atoms with Crippen LogP contribution in [0.25, 0.3) is 21.8 Å². The number of ether oxygens (including phenoxy) is 3. The van der Waals surface area contributed by atoms with Crippen molar-refractivity contribution in [2.75, 3.05) is 0 Å². The number of carbonyl (C=O) groups excluding carboxylic acids is 1. The largest absolute Gasteiger partial charge is 0.487 e. The normalized spacial score (nSPS) is 14.7. The van der Waals surface area contributed by atoms with Crippen molar-refractivity contribution in [3.05, 3.63) is 144 Å². The summed E-state index contributed by atoms with van der Waals surface area (Å²) in [5.74, 6) is 1.60. The first kappa shape index (κ1) is 28.5. The first-order chi connectivity index (χ1) is 22.2.